The fourth-order valence-electron chi connectivity index (χ4n) is 0.590. The van der Waals surface area contributed by atoms with Gasteiger partial charge in [0, 0.05) is 6.04 Å². The van der Waals surface area contributed by atoms with Gasteiger partial charge in [-0.05, 0) is 19.9 Å². The van der Waals surface area contributed by atoms with Gasteiger partial charge in [0.25, 0.3) is 0 Å². The van der Waals surface area contributed by atoms with Gasteiger partial charge in [0.05, 0.1) is 6.17 Å². The van der Waals surface area contributed by atoms with Gasteiger partial charge in [-0.1, -0.05) is 6.92 Å². The molecule has 56 valence electrons. The Morgan fingerprint density at radius 1 is 1.22 bits per heavy atom. The van der Waals surface area contributed by atoms with Crippen LogP contribution in [0.2, 0.25) is 0 Å². The highest BCUT2D eigenvalue weighted by Gasteiger charge is 2.13. The van der Waals surface area contributed by atoms with Gasteiger partial charge in [0.1, 0.15) is 0 Å². The van der Waals surface area contributed by atoms with Gasteiger partial charge in [-0.25, -0.2) is 0 Å². The first-order valence-electron chi connectivity index (χ1n) is 3.28. The van der Waals surface area contributed by atoms with Crippen molar-refractivity contribution >= 4 is 0 Å². The molecule has 0 aromatic rings. The summed E-state index contributed by atoms with van der Waals surface area (Å²) in [4.78, 5) is 0. The second-order valence-corrected chi connectivity index (χ2v) is 2.53. The number of nitrogens with one attached hydrogen (secondary N) is 1. The first-order chi connectivity index (χ1) is 4.09. The second-order valence-electron chi connectivity index (χ2n) is 2.53. The first kappa shape index (κ1) is 8.88. The molecule has 3 nitrogen and oxygen atoms in total. The molecular formula is C6H17N3. The zero-order valence-electron chi connectivity index (χ0n) is 6.39. The van der Waals surface area contributed by atoms with Crippen molar-refractivity contribution in [2.24, 2.45) is 17.4 Å². The van der Waals surface area contributed by atoms with Gasteiger partial charge in [-0.2, -0.15) is 0 Å². The largest absolute Gasteiger partial charge is 0.328 e. The molecule has 5 N–H and O–H groups in total. The SMILES string of the molecule is CNC(N)C(C)C(C)N. The zero-order chi connectivity index (χ0) is 7.44. The van der Waals surface area contributed by atoms with E-state index >= 15 is 0 Å². The summed E-state index contributed by atoms with van der Waals surface area (Å²) in [5.41, 5.74) is 11.2. The molecule has 0 saturated heterocycles. The van der Waals surface area contributed by atoms with Crippen LogP contribution in [0.25, 0.3) is 0 Å². The van der Waals surface area contributed by atoms with Gasteiger partial charge in [-0.3, -0.25) is 0 Å². The van der Waals surface area contributed by atoms with Crippen LogP contribution in [0, 0.1) is 5.92 Å². The quantitative estimate of drug-likeness (QED) is 0.451. The highest BCUT2D eigenvalue weighted by Crippen LogP contribution is 2.00. The van der Waals surface area contributed by atoms with Gasteiger partial charge in [0.15, 0.2) is 0 Å². The van der Waals surface area contributed by atoms with Crippen molar-refractivity contribution in [3.8, 4) is 0 Å². The molecule has 0 spiro atoms. The molecule has 3 heteroatoms. The summed E-state index contributed by atoms with van der Waals surface area (Å²) in [6, 6.07) is 0.160. The van der Waals surface area contributed by atoms with Gasteiger partial charge >= 0.3 is 0 Å². The lowest BCUT2D eigenvalue weighted by atomic mass is 10.0. The Balaban J connectivity index is 3.58. The van der Waals surface area contributed by atoms with Crippen LogP contribution in [0.15, 0.2) is 0 Å². The van der Waals surface area contributed by atoms with Gasteiger partial charge in [0.2, 0.25) is 0 Å². The van der Waals surface area contributed by atoms with Crippen LogP contribution in [-0.2, 0) is 0 Å². The zero-order valence-corrected chi connectivity index (χ0v) is 6.39. The molecule has 0 aromatic carbocycles. The van der Waals surface area contributed by atoms with Crippen molar-refractivity contribution in [1.29, 1.82) is 0 Å². The van der Waals surface area contributed by atoms with Crippen LogP contribution in [0.4, 0.5) is 0 Å². The molecule has 0 aliphatic heterocycles. The van der Waals surface area contributed by atoms with Crippen molar-refractivity contribution in [3.05, 3.63) is 0 Å². The van der Waals surface area contributed by atoms with Crippen LogP contribution in [0.3, 0.4) is 0 Å². The normalized spacial score (nSPS) is 21.0. The lowest BCUT2D eigenvalue weighted by Crippen LogP contribution is -2.46. The number of nitrogens with two attached hydrogens (primary N) is 2. The maximum absolute atomic E-state index is 5.63. The van der Waals surface area contributed by atoms with Crippen LogP contribution in [0.1, 0.15) is 13.8 Å². The van der Waals surface area contributed by atoms with E-state index in [9.17, 15) is 0 Å². The predicted octanol–water partition coefficient (Wildman–Crippen LogP) is -0.526. The van der Waals surface area contributed by atoms with Crippen molar-refractivity contribution in [2.75, 3.05) is 7.05 Å². The summed E-state index contributed by atoms with van der Waals surface area (Å²) < 4.78 is 0. The van der Waals surface area contributed by atoms with E-state index in [2.05, 4.69) is 5.32 Å². The Hall–Kier alpha value is -0.120. The average molecular weight is 131 g/mol. The third kappa shape index (κ3) is 2.79. The molecule has 0 rings (SSSR count). The standard InChI is InChI=1S/C6H17N3/c1-4(5(2)7)6(8)9-3/h4-6,9H,7-8H2,1-3H3. The van der Waals surface area contributed by atoms with Crippen molar-refractivity contribution in [1.82, 2.24) is 5.32 Å². The average Bonchev–Trinajstić information content (AvgIpc) is 1.84. The Bertz CT molecular complexity index is 72.7. The van der Waals surface area contributed by atoms with Crippen LogP contribution in [-0.4, -0.2) is 19.3 Å². The molecule has 9 heavy (non-hydrogen) atoms. The van der Waals surface area contributed by atoms with Crippen LogP contribution < -0.4 is 16.8 Å². The predicted molar refractivity (Wildman–Crippen MR) is 39.8 cm³/mol. The monoisotopic (exact) mass is 131 g/mol. The molecule has 0 aromatic heterocycles. The minimum atomic E-state index is 0.0185. The van der Waals surface area contributed by atoms with E-state index < -0.39 is 0 Å². The topological polar surface area (TPSA) is 64.1 Å². The molecule has 3 atom stereocenters. The first-order valence-corrected chi connectivity index (χ1v) is 3.28. The highest BCUT2D eigenvalue weighted by atomic mass is 15.0. The van der Waals surface area contributed by atoms with Gasteiger partial charge < -0.3 is 16.8 Å². The lowest BCUT2D eigenvalue weighted by Gasteiger charge is -2.22. The molecule has 0 heterocycles. The van der Waals surface area contributed by atoms with Crippen molar-refractivity contribution < 1.29 is 0 Å². The molecule has 0 saturated carbocycles. The summed E-state index contributed by atoms with van der Waals surface area (Å²) in [5.74, 6) is 0.329. The smallest absolute Gasteiger partial charge is 0.0585 e. The summed E-state index contributed by atoms with van der Waals surface area (Å²) >= 11 is 0. The third-order valence-electron chi connectivity index (χ3n) is 1.73. The van der Waals surface area contributed by atoms with E-state index in [1.165, 1.54) is 0 Å². The molecular weight excluding hydrogens is 114 g/mol. The third-order valence-corrected chi connectivity index (χ3v) is 1.73. The molecule has 0 amide bonds. The van der Waals surface area contributed by atoms with E-state index in [0.717, 1.165) is 0 Å². The van der Waals surface area contributed by atoms with E-state index in [0.29, 0.717) is 5.92 Å². The molecule has 0 radical (unpaired) electrons. The fourth-order valence-corrected chi connectivity index (χ4v) is 0.590. The maximum atomic E-state index is 5.63. The lowest BCUT2D eigenvalue weighted by molar-refractivity contribution is 0.360. The van der Waals surface area contributed by atoms with Crippen molar-refractivity contribution in [3.63, 3.8) is 0 Å². The second kappa shape index (κ2) is 3.82. The van der Waals surface area contributed by atoms with E-state index in [1.54, 1.807) is 0 Å². The summed E-state index contributed by atoms with van der Waals surface area (Å²) in [6.07, 6.45) is 0.0185. The van der Waals surface area contributed by atoms with E-state index in [-0.39, 0.29) is 12.2 Å². The summed E-state index contributed by atoms with van der Waals surface area (Å²) in [6.45, 7) is 3.99. The Kier molecular flexibility index (Phi) is 3.77. The van der Waals surface area contributed by atoms with Crippen LogP contribution in [0.5, 0.6) is 0 Å². The maximum Gasteiger partial charge on any atom is 0.0585 e. The Labute approximate surface area is 56.8 Å². The molecule has 3 unspecified atom stereocenters. The number of hydrogen-bond donors (Lipinski definition) is 3. The molecule has 0 aliphatic carbocycles. The molecule has 0 aliphatic rings. The fraction of sp³-hybridized carbons (Fsp3) is 1.00. The number of hydrogen-bond acceptors (Lipinski definition) is 3. The molecule has 0 bridgehead atoms. The molecule has 0 fully saturated rings. The van der Waals surface area contributed by atoms with Gasteiger partial charge in [-0.15, -0.1) is 0 Å². The Morgan fingerprint density at radius 3 is 1.78 bits per heavy atom. The Morgan fingerprint density at radius 2 is 1.67 bits per heavy atom. The van der Waals surface area contributed by atoms with E-state index in [1.807, 2.05) is 20.9 Å². The minimum absolute atomic E-state index is 0.0185. The van der Waals surface area contributed by atoms with Crippen molar-refractivity contribution in [2.45, 2.75) is 26.1 Å². The summed E-state index contributed by atoms with van der Waals surface area (Å²) in [5, 5.41) is 2.94. The van der Waals surface area contributed by atoms with Crippen LogP contribution >= 0.6 is 0 Å². The number of rotatable bonds is 3. The summed E-state index contributed by atoms with van der Waals surface area (Å²) in [7, 11) is 1.84. The van der Waals surface area contributed by atoms with E-state index in [4.69, 9.17) is 11.5 Å². The highest BCUT2D eigenvalue weighted by molar-refractivity contribution is 4.71. The minimum Gasteiger partial charge on any atom is -0.328 e.